The fourth-order valence-corrected chi connectivity index (χ4v) is 9.96. The molecule has 0 heterocycles. The van der Waals surface area contributed by atoms with Gasteiger partial charge in [-0.15, -0.1) is 0 Å². The molecule has 312 valence electrons. The summed E-state index contributed by atoms with van der Waals surface area (Å²) in [4.78, 5) is 7.25. The first-order valence-corrected chi connectivity index (χ1v) is 22.5. The maximum absolute atomic E-state index is 2.50. The molecule has 0 saturated heterocycles. The van der Waals surface area contributed by atoms with E-state index in [4.69, 9.17) is 0 Å². The molecule has 0 amide bonds. The SMILES string of the molecule is Cc1cccc2c1-c1ccc(N(c3cc(N(c4ccccc4)c4ccccc4)cc(N(c4ccccc4)c4ccccc4)c3)c3cccc4ccc(-c5ccccc5)cc34)cc1C2(C)C. The van der Waals surface area contributed by atoms with Crippen LogP contribution in [0.3, 0.4) is 0 Å². The lowest BCUT2D eigenvalue weighted by molar-refractivity contribution is 0.660. The van der Waals surface area contributed by atoms with E-state index in [0.717, 1.165) is 51.2 Å². The highest BCUT2D eigenvalue weighted by molar-refractivity contribution is 6.02. The van der Waals surface area contributed by atoms with Gasteiger partial charge in [0.25, 0.3) is 0 Å². The van der Waals surface area contributed by atoms with Gasteiger partial charge in [0.1, 0.15) is 0 Å². The van der Waals surface area contributed by atoms with Crippen molar-refractivity contribution in [3.63, 3.8) is 0 Å². The predicted octanol–water partition coefficient (Wildman–Crippen LogP) is 17.5. The number of anilines is 9. The molecule has 0 N–H and O–H groups in total. The number of para-hydroxylation sites is 4. The van der Waals surface area contributed by atoms with Crippen molar-refractivity contribution in [2.45, 2.75) is 26.2 Å². The molecule has 0 atom stereocenters. The van der Waals surface area contributed by atoms with Gasteiger partial charge in [0.15, 0.2) is 0 Å². The van der Waals surface area contributed by atoms with Gasteiger partial charge in [0, 0.05) is 39.2 Å². The third-order valence-electron chi connectivity index (χ3n) is 13.1. The molecule has 0 bridgehead atoms. The second kappa shape index (κ2) is 16.5. The molecular formula is C62H49N3. The maximum Gasteiger partial charge on any atom is 0.0540 e. The summed E-state index contributed by atoms with van der Waals surface area (Å²) in [7, 11) is 0. The van der Waals surface area contributed by atoms with Crippen LogP contribution in [-0.4, -0.2) is 0 Å². The molecule has 0 radical (unpaired) electrons. The van der Waals surface area contributed by atoms with Crippen LogP contribution in [0.4, 0.5) is 51.2 Å². The third-order valence-corrected chi connectivity index (χ3v) is 13.1. The van der Waals surface area contributed by atoms with Crippen LogP contribution >= 0.6 is 0 Å². The zero-order valence-electron chi connectivity index (χ0n) is 36.9. The molecule has 1 aliphatic rings. The Labute approximate surface area is 382 Å². The van der Waals surface area contributed by atoms with Crippen LogP contribution in [0, 0.1) is 6.92 Å². The molecule has 3 nitrogen and oxygen atoms in total. The molecule has 0 fully saturated rings. The van der Waals surface area contributed by atoms with Gasteiger partial charge in [-0.1, -0.05) is 166 Å². The number of rotatable bonds is 10. The summed E-state index contributed by atoms with van der Waals surface area (Å²) in [6.07, 6.45) is 0. The Bertz CT molecular complexity index is 3110. The van der Waals surface area contributed by atoms with Crippen LogP contribution in [0.15, 0.2) is 243 Å². The van der Waals surface area contributed by atoms with E-state index in [9.17, 15) is 0 Å². The lowest BCUT2D eigenvalue weighted by Crippen LogP contribution is -2.18. The lowest BCUT2D eigenvalue weighted by atomic mass is 9.82. The molecule has 0 aliphatic heterocycles. The summed E-state index contributed by atoms with van der Waals surface area (Å²) >= 11 is 0. The molecule has 11 rings (SSSR count). The number of benzene rings is 10. The minimum atomic E-state index is -0.195. The van der Waals surface area contributed by atoms with Gasteiger partial charge in [-0.05, 0) is 142 Å². The average Bonchev–Trinajstić information content (AvgIpc) is 3.59. The van der Waals surface area contributed by atoms with Crippen LogP contribution in [0.25, 0.3) is 33.0 Å². The van der Waals surface area contributed by atoms with Crippen molar-refractivity contribution in [3.8, 4) is 22.3 Å². The van der Waals surface area contributed by atoms with Gasteiger partial charge >= 0.3 is 0 Å². The smallest absolute Gasteiger partial charge is 0.0540 e. The largest absolute Gasteiger partial charge is 0.310 e. The van der Waals surface area contributed by atoms with Crippen LogP contribution in [0.2, 0.25) is 0 Å². The summed E-state index contributed by atoms with van der Waals surface area (Å²) in [5.74, 6) is 0. The van der Waals surface area contributed by atoms with Crippen molar-refractivity contribution in [2.24, 2.45) is 0 Å². The zero-order chi connectivity index (χ0) is 43.9. The van der Waals surface area contributed by atoms with E-state index in [1.54, 1.807) is 0 Å². The van der Waals surface area contributed by atoms with Gasteiger partial charge in [-0.2, -0.15) is 0 Å². The highest BCUT2D eigenvalue weighted by Gasteiger charge is 2.37. The zero-order valence-corrected chi connectivity index (χ0v) is 36.9. The Morgan fingerprint density at radius 2 is 0.815 bits per heavy atom. The molecule has 0 unspecified atom stereocenters. The van der Waals surface area contributed by atoms with E-state index in [1.165, 1.54) is 49.7 Å². The standard InChI is InChI=1S/C62H49N3/c1-44-21-19-33-58-61(44)56-38-37-52(43-59(56)62(58,2)3)65(60-34-20-24-46-35-36-47(39-57(46)60)45-22-9-4-10-23-45)55-41-53(63(48-25-11-5-12-26-48)49-27-13-6-14-28-49)40-54(42-55)64(50-29-15-7-16-30-50)51-31-17-8-18-32-51/h4-43H,1-3H3. The second-order valence-electron chi connectivity index (χ2n) is 17.5. The average molecular weight is 836 g/mol. The number of nitrogens with zero attached hydrogens (tertiary/aromatic N) is 3. The van der Waals surface area contributed by atoms with Crippen molar-refractivity contribution < 1.29 is 0 Å². The molecular weight excluding hydrogens is 787 g/mol. The highest BCUT2D eigenvalue weighted by atomic mass is 15.2. The molecule has 1 aliphatic carbocycles. The summed E-state index contributed by atoms with van der Waals surface area (Å²) in [5, 5.41) is 2.35. The first-order chi connectivity index (χ1) is 31.9. The van der Waals surface area contributed by atoms with E-state index in [-0.39, 0.29) is 5.41 Å². The van der Waals surface area contributed by atoms with Gasteiger partial charge in [0.2, 0.25) is 0 Å². The van der Waals surface area contributed by atoms with Crippen molar-refractivity contribution in [3.05, 3.63) is 259 Å². The monoisotopic (exact) mass is 835 g/mol. The molecule has 0 saturated carbocycles. The van der Waals surface area contributed by atoms with Crippen LogP contribution in [-0.2, 0) is 5.41 Å². The fraction of sp³-hybridized carbons (Fsp3) is 0.0645. The van der Waals surface area contributed by atoms with Crippen molar-refractivity contribution in [1.82, 2.24) is 0 Å². The Morgan fingerprint density at radius 3 is 1.35 bits per heavy atom. The second-order valence-corrected chi connectivity index (χ2v) is 17.5. The minimum absolute atomic E-state index is 0.195. The molecule has 3 heteroatoms. The molecule has 0 spiro atoms. The van der Waals surface area contributed by atoms with Crippen LogP contribution in [0.1, 0.15) is 30.5 Å². The molecule has 10 aromatic rings. The summed E-state index contributed by atoms with van der Waals surface area (Å²) < 4.78 is 0. The molecule has 10 aromatic carbocycles. The summed E-state index contributed by atoms with van der Waals surface area (Å²) in [6, 6.07) is 88.2. The summed E-state index contributed by atoms with van der Waals surface area (Å²) in [6.45, 7) is 7.00. The minimum Gasteiger partial charge on any atom is -0.310 e. The number of fused-ring (bicyclic) bond motifs is 4. The van der Waals surface area contributed by atoms with Crippen LogP contribution in [0.5, 0.6) is 0 Å². The predicted molar refractivity (Wildman–Crippen MR) is 276 cm³/mol. The Morgan fingerprint density at radius 1 is 0.323 bits per heavy atom. The fourth-order valence-electron chi connectivity index (χ4n) is 9.96. The summed E-state index contributed by atoms with van der Waals surface area (Å²) in [5.41, 5.74) is 18.5. The van der Waals surface area contributed by atoms with E-state index < -0.39 is 0 Å². The highest BCUT2D eigenvalue weighted by Crippen LogP contribution is 2.53. The third kappa shape index (κ3) is 7.22. The molecule has 65 heavy (non-hydrogen) atoms. The number of hydrogen-bond donors (Lipinski definition) is 0. The van der Waals surface area contributed by atoms with Gasteiger partial charge in [-0.25, -0.2) is 0 Å². The van der Waals surface area contributed by atoms with Crippen LogP contribution < -0.4 is 14.7 Å². The van der Waals surface area contributed by atoms with Crippen molar-refractivity contribution in [1.29, 1.82) is 0 Å². The van der Waals surface area contributed by atoms with E-state index in [2.05, 4.69) is 278 Å². The number of aryl methyl sites for hydroxylation is 1. The van der Waals surface area contributed by atoms with E-state index >= 15 is 0 Å². The van der Waals surface area contributed by atoms with E-state index in [1.807, 2.05) is 0 Å². The quantitative estimate of drug-likeness (QED) is 0.136. The van der Waals surface area contributed by atoms with Crippen molar-refractivity contribution >= 4 is 62.0 Å². The normalized spacial score (nSPS) is 12.4. The maximum atomic E-state index is 2.50. The lowest BCUT2D eigenvalue weighted by Gasteiger charge is -2.33. The van der Waals surface area contributed by atoms with Gasteiger partial charge in [0.05, 0.1) is 22.7 Å². The van der Waals surface area contributed by atoms with Gasteiger partial charge < -0.3 is 14.7 Å². The Balaban J connectivity index is 1.23. The topological polar surface area (TPSA) is 9.72 Å². The van der Waals surface area contributed by atoms with Gasteiger partial charge in [-0.3, -0.25) is 0 Å². The van der Waals surface area contributed by atoms with Crippen molar-refractivity contribution in [2.75, 3.05) is 14.7 Å². The van der Waals surface area contributed by atoms with E-state index in [0.29, 0.717) is 0 Å². The Hall–Kier alpha value is -8.14. The number of hydrogen-bond acceptors (Lipinski definition) is 3. The molecule has 0 aromatic heterocycles. The first-order valence-electron chi connectivity index (χ1n) is 22.5. The first kappa shape index (κ1) is 39.7. The Kier molecular flexibility index (Phi) is 10.1.